The van der Waals surface area contributed by atoms with Crippen LogP contribution < -0.4 is 4.57 Å². The number of pyridine rings is 1. The van der Waals surface area contributed by atoms with Crippen LogP contribution in [0.25, 0.3) is 39.3 Å². The largest absolute Gasteiger partial charge is 0.219 e. The van der Waals surface area contributed by atoms with Gasteiger partial charge in [0.25, 0.3) is 0 Å². The van der Waals surface area contributed by atoms with Crippen molar-refractivity contribution in [1.82, 2.24) is 0 Å². The zero-order valence-electron chi connectivity index (χ0n) is 17.6. The van der Waals surface area contributed by atoms with Crippen molar-refractivity contribution in [2.45, 2.75) is 6.92 Å². The fourth-order valence-corrected chi connectivity index (χ4v) is 4.01. The van der Waals surface area contributed by atoms with Gasteiger partial charge >= 0.3 is 0 Å². The third-order valence-corrected chi connectivity index (χ3v) is 5.60. The van der Waals surface area contributed by atoms with Crippen molar-refractivity contribution in [3.05, 3.63) is 133 Å². The summed E-state index contributed by atoms with van der Waals surface area (Å²) in [7, 11) is 0. The van der Waals surface area contributed by atoms with Crippen molar-refractivity contribution in [2.24, 2.45) is 0 Å². The zero-order valence-corrected chi connectivity index (χ0v) is 17.6. The van der Waals surface area contributed by atoms with E-state index in [1.807, 2.05) is 0 Å². The van der Waals surface area contributed by atoms with E-state index in [0.717, 1.165) is 5.69 Å². The second-order valence-corrected chi connectivity index (χ2v) is 7.78. The van der Waals surface area contributed by atoms with Crippen molar-refractivity contribution < 1.29 is 4.57 Å². The van der Waals surface area contributed by atoms with Gasteiger partial charge in [0, 0.05) is 35.4 Å². The lowest BCUT2D eigenvalue weighted by Gasteiger charge is -2.12. The Morgan fingerprint density at radius 3 is 1.42 bits per heavy atom. The number of nitrogens with zero attached hydrogens (tertiary/aromatic N) is 1. The molecule has 148 valence electrons. The van der Waals surface area contributed by atoms with Crippen LogP contribution in [0.5, 0.6) is 0 Å². The Bertz CT molecular complexity index is 1290. The lowest BCUT2D eigenvalue weighted by atomic mass is 9.98. The molecule has 0 saturated carbocycles. The number of rotatable bonds is 4. The predicted octanol–water partition coefficient (Wildman–Crippen LogP) is 7.27. The van der Waals surface area contributed by atoms with Crippen LogP contribution in [0, 0.1) is 6.92 Å². The minimum absolute atomic E-state index is 1.15. The number of aromatic nitrogens is 1. The first kappa shape index (κ1) is 19.0. The van der Waals surface area contributed by atoms with Crippen LogP contribution >= 0.6 is 0 Å². The van der Waals surface area contributed by atoms with E-state index in [1.165, 1.54) is 39.2 Å². The van der Waals surface area contributed by atoms with E-state index in [9.17, 15) is 0 Å². The number of aryl methyl sites for hydroxylation is 1. The summed E-state index contributed by atoms with van der Waals surface area (Å²) < 4.78 is 2.37. The molecule has 1 heteroatoms. The Kier molecular flexibility index (Phi) is 5.16. The van der Waals surface area contributed by atoms with Crippen molar-refractivity contribution in [1.29, 1.82) is 0 Å². The molecule has 1 aromatic heterocycles. The van der Waals surface area contributed by atoms with Gasteiger partial charge in [0.1, 0.15) is 0 Å². The Labute approximate surface area is 183 Å². The smallest absolute Gasteiger partial charge is 0.153 e. The topological polar surface area (TPSA) is 3.88 Å². The maximum absolute atomic E-state index is 2.37. The monoisotopic (exact) mass is 398 g/mol. The van der Waals surface area contributed by atoms with Gasteiger partial charge in [0.2, 0.25) is 17.1 Å². The van der Waals surface area contributed by atoms with Crippen LogP contribution in [0.4, 0.5) is 0 Å². The van der Waals surface area contributed by atoms with Gasteiger partial charge in [-0.25, -0.2) is 0 Å². The molecule has 0 saturated heterocycles. The van der Waals surface area contributed by atoms with Gasteiger partial charge in [-0.15, -0.1) is 0 Å². The van der Waals surface area contributed by atoms with Gasteiger partial charge < -0.3 is 0 Å². The second-order valence-electron chi connectivity index (χ2n) is 7.78. The highest BCUT2D eigenvalue weighted by Crippen LogP contribution is 2.30. The zero-order chi connectivity index (χ0) is 21.0. The lowest BCUT2D eigenvalue weighted by Crippen LogP contribution is -2.36. The molecule has 0 N–H and O–H groups in total. The van der Waals surface area contributed by atoms with E-state index in [0.29, 0.717) is 0 Å². The molecule has 5 rings (SSSR count). The SMILES string of the molecule is Cc1ccc(-c2cc(-c3ccccc3)cc(-c3ccccc3)[n+]2-c2ccccc2)cc1. The van der Waals surface area contributed by atoms with Gasteiger partial charge in [-0.3, -0.25) is 0 Å². The third-order valence-electron chi connectivity index (χ3n) is 5.60. The van der Waals surface area contributed by atoms with E-state index >= 15 is 0 Å². The second kappa shape index (κ2) is 8.41. The Morgan fingerprint density at radius 2 is 0.871 bits per heavy atom. The van der Waals surface area contributed by atoms with Gasteiger partial charge in [-0.05, 0) is 42.3 Å². The number of benzene rings is 4. The molecule has 0 aliphatic heterocycles. The number of hydrogen-bond acceptors (Lipinski definition) is 0. The van der Waals surface area contributed by atoms with E-state index in [2.05, 4.69) is 139 Å². The predicted molar refractivity (Wildman–Crippen MR) is 129 cm³/mol. The van der Waals surface area contributed by atoms with E-state index in [4.69, 9.17) is 0 Å². The van der Waals surface area contributed by atoms with Crippen LogP contribution in [-0.2, 0) is 0 Å². The maximum atomic E-state index is 2.37. The van der Waals surface area contributed by atoms with Crippen LogP contribution in [0.2, 0.25) is 0 Å². The molecule has 0 fully saturated rings. The van der Waals surface area contributed by atoms with Crippen LogP contribution in [-0.4, -0.2) is 0 Å². The number of hydrogen-bond donors (Lipinski definition) is 0. The fraction of sp³-hybridized carbons (Fsp3) is 0.0333. The quantitative estimate of drug-likeness (QED) is 0.280. The normalized spacial score (nSPS) is 10.7. The van der Waals surface area contributed by atoms with E-state index < -0.39 is 0 Å². The Morgan fingerprint density at radius 1 is 0.419 bits per heavy atom. The summed E-state index contributed by atoms with van der Waals surface area (Å²) in [6.45, 7) is 2.13. The lowest BCUT2D eigenvalue weighted by molar-refractivity contribution is -0.572. The molecule has 5 aromatic rings. The molecule has 0 atom stereocenters. The molecule has 0 amide bonds. The van der Waals surface area contributed by atoms with Crippen molar-refractivity contribution in [3.63, 3.8) is 0 Å². The van der Waals surface area contributed by atoms with Crippen molar-refractivity contribution in [2.75, 3.05) is 0 Å². The molecule has 1 nitrogen and oxygen atoms in total. The fourth-order valence-electron chi connectivity index (χ4n) is 4.01. The van der Waals surface area contributed by atoms with E-state index in [-0.39, 0.29) is 0 Å². The van der Waals surface area contributed by atoms with Crippen LogP contribution in [0.3, 0.4) is 0 Å². The summed E-state index contributed by atoms with van der Waals surface area (Å²) in [6.07, 6.45) is 0. The summed E-state index contributed by atoms with van der Waals surface area (Å²) in [5, 5.41) is 0. The summed E-state index contributed by atoms with van der Waals surface area (Å²) in [6, 6.07) is 45.3. The first-order chi connectivity index (χ1) is 15.3. The highest BCUT2D eigenvalue weighted by Gasteiger charge is 2.24. The molecule has 0 aliphatic rings. The molecule has 0 bridgehead atoms. The Balaban J connectivity index is 1.87. The van der Waals surface area contributed by atoms with Crippen molar-refractivity contribution in [3.8, 4) is 39.3 Å². The molecule has 31 heavy (non-hydrogen) atoms. The highest BCUT2D eigenvalue weighted by atomic mass is 15.0. The molecule has 0 unspecified atom stereocenters. The molecular weight excluding hydrogens is 374 g/mol. The Hall–Kier alpha value is -3.97. The first-order valence-corrected chi connectivity index (χ1v) is 10.6. The molecule has 0 spiro atoms. The molecule has 4 aromatic carbocycles. The van der Waals surface area contributed by atoms with Gasteiger partial charge in [-0.2, -0.15) is 4.57 Å². The molecule has 0 radical (unpaired) electrons. The molecule has 0 aliphatic carbocycles. The first-order valence-electron chi connectivity index (χ1n) is 10.6. The summed E-state index contributed by atoms with van der Waals surface area (Å²) in [5.74, 6) is 0. The van der Waals surface area contributed by atoms with Gasteiger partial charge in [0.15, 0.2) is 0 Å². The molecule has 1 heterocycles. The average molecular weight is 399 g/mol. The van der Waals surface area contributed by atoms with Gasteiger partial charge in [-0.1, -0.05) is 84.4 Å². The van der Waals surface area contributed by atoms with Crippen LogP contribution in [0.15, 0.2) is 127 Å². The van der Waals surface area contributed by atoms with Crippen LogP contribution in [0.1, 0.15) is 5.56 Å². The van der Waals surface area contributed by atoms with Crippen molar-refractivity contribution >= 4 is 0 Å². The average Bonchev–Trinajstić information content (AvgIpc) is 2.85. The van der Waals surface area contributed by atoms with E-state index in [1.54, 1.807) is 0 Å². The number of para-hydroxylation sites is 1. The standard InChI is InChI=1S/C30H24N/c1-23-17-19-26(20-18-23)30-22-27(24-11-5-2-6-12-24)21-29(25-13-7-3-8-14-25)31(30)28-15-9-4-10-16-28/h2-22H,1H3/q+1. The summed E-state index contributed by atoms with van der Waals surface area (Å²) in [4.78, 5) is 0. The van der Waals surface area contributed by atoms with Gasteiger partial charge in [0.05, 0.1) is 0 Å². The highest BCUT2D eigenvalue weighted by molar-refractivity contribution is 5.74. The molecular formula is C30H24N+. The minimum atomic E-state index is 1.15. The third kappa shape index (κ3) is 3.91. The summed E-state index contributed by atoms with van der Waals surface area (Å²) >= 11 is 0. The minimum Gasteiger partial charge on any atom is -0.153 e. The maximum Gasteiger partial charge on any atom is 0.219 e. The summed E-state index contributed by atoms with van der Waals surface area (Å²) in [5.41, 5.74) is 9.57.